The third kappa shape index (κ3) is 2.07. The highest BCUT2D eigenvalue weighted by molar-refractivity contribution is 5.86. The molecule has 3 nitrogen and oxygen atoms in total. The largest absolute Gasteiger partial charge is 0.368 e. The van der Waals surface area contributed by atoms with Gasteiger partial charge in [0.05, 0.1) is 0 Å². The predicted molar refractivity (Wildman–Crippen MR) is 68.3 cm³/mol. The van der Waals surface area contributed by atoms with Crippen molar-refractivity contribution in [2.24, 2.45) is 11.7 Å². The van der Waals surface area contributed by atoms with Crippen molar-refractivity contribution < 1.29 is 4.79 Å². The molecule has 3 heteroatoms. The average Bonchev–Trinajstić information content (AvgIpc) is 2.34. The molecule has 17 heavy (non-hydrogen) atoms. The van der Waals surface area contributed by atoms with E-state index in [2.05, 4.69) is 31.3 Å². The molecule has 0 saturated heterocycles. The lowest BCUT2D eigenvalue weighted by molar-refractivity contribution is -0.131. The van der Waals surface area contributed by atoms with Crippen LogP contribution in [0.4, 0.5) is 0 Å². The molecule has 3 N–H and O–H groups in total. The van der Waals surface area contributed by atoms with Crippen LogP contribution in [0.2, 0.25) is 0 Å². The lowest BCUT2D eigenvalue weighted by atomic mass is 9.66. The number of carbonyl (C=O) groups is 1. The third-order valence-corrected chi connectivity index (χ3v) is 4.03. The van der Waals surface area contributed by atoms with Crippen molar-refractivity contribution >= 4 is 5.91 Å². The van der Waals surface area contributed by atoms with E-state index >= 15 is 0 Å². The smallest absolute Gasteiger partial charge is 0.238 e. The van der Waals surface area contributed by atoms with Gasteiger partial charge >= 0.3 is 0 Å². The fraction of sp³-hybridized carbons (Fsp3) is 0.500. The summed E-state index contributed by atoms with van der Waals surface area (Å²) in [5.74, 6) is 0.102. The Hall–Kier alpha value is -1.35. The van der Waals surface area contributed by atoms with E-state index in [9.17, 15) is 4.79 Å². The molecule has 1 aromatic carbocycles. The van der Waals surface area contributed by atoms with E-state index < -0.39 is 5.54 Å². The molecule has 0 heterocycles. The zero-order valence-electron chi connectivity index (χ0n) is 10.4. The van der Waals surface area contributed by atoms with Crippen LogP contribution in [-0.4, -0.2) is 11.4 Å². The molecule has 92 valence electrons. The Balaban J connectivity index is 2.12. The van der Waals surface area contributed by atoms with Gasteiger partial charge in [-0.15, -0.1) is 0 Å². The van der Waals surface area contributed by atoms with Crippen LogP contribution in [0.5, 0.6) is 0 Å². The van der Waals surface area contributed by atoms with Gasteiger partial charge in [0.1, 0.15) is 5.54 Å². The Morgan fingerprint density at radius 3 is 2.53 bits per heavy atom. The van der Waals surface area contributed by atoms with Gasteiger partial charge in [0.15, 0.2) is 0 Å². The first kappa shape index (κ1) is 12.1. The number of amides is 1. The highest BCUT2D eigenvalue weighted by Crippen LogP contribution is 2.39. The van der Waals surface area contributed by atoms with Crippen LogP contribution in [-0.2, 0) is 4.79 Å². The Labute approximate surface area is 102 Å². The fourth-order valence-corrected chi connectivity index (χ4v) is 2.58. The van der Waals surface area contributed by atoms with Crippen LogP contribution in [0.1, 0.15) is 38.3 Å². The van der Waals surface area contributed by atoms with Crippen LogP contribution in [0.3, 0.4) is 0 Å². The number of benzene rings is 1. The quantitative estimate of drug-likeness (QED) is 0.834. The summed E-state index contributed by atoms with van der Waals surface area (Å²) in [6.07, 6.45) is 1.91. The van der Waals surface area contributed by atoms with Gasteiger partial charge in [-0.2, -0.15) is 0 Å². The van der Waals surface area contributed by atoms with E-state index in [1.807, 2.05) is 18.2 Å². The number of carbonyl (C=O) groups excluding carboxylic acids is 1. The van der Waals surface area contributed by atoms with E-state index in [0.29, 0.717) is 5.92 Å². The van der Waals surface area contributed by atoms with Crippen molar-refractivity contribution in [3.05, 3.63) is 35.9 Å². The van der Waals surface area contributed by atoms with Crippen molar-refractivity contribution in [3.8, 4) is 0 Å². The minimum Gasteiger partial charge on any atom is -0.368 e. The minimum absolute atomic E-state index is 0.145. The molecule has 0 radical (unpaired) electrons. The van der Waals surface area contributed by atoms with Gasteiger partial charge in [0.2, 0.25) is 5.91 Å². The van der Waals surface area contributed by atoms with Gasteiger partial charge in [-0.05, 0) is 31.2 Å². The second-order valence-electron chi connectivity index (χ2n) is 5.05. The van der Waals surface area contributed by atoms with E-state index in [-0.39, 0.29) is 11.9 Å². The van der Waals surface area contributed by atoms with Crippen molar-refractivity contribution in [3.63, 3.8) is 0 Å². The van der Waals surface area contributed by atoms with Gasteiger partial charge in [-0.3, -0.25) is 10.1 Å². The summed E-state index contributed by atoms with van der Waals surface area (Å²) in [5.41, 5.74) is 6.23. The molecule has 0 unspecified atom stereocenters. The van der Waals surface area contributed by atoms with Crippen LogP contribution in [0.15, 0.2) is 30.3 Å². The van der Waals surface area contributed by atoms with Gasteiger partial charge in [-0.1, -0.05) is 37.3 Å². The van der Waals surface area contributed by atoms with Crippen LogP contribution in [0, 0.1) is 5.92 Å². The maximum atomic E-state index is 11.6. The van der Waals surface area contributed by atoms with Gasteiger partial charge in [-0.25, -0.2) is 0 Å². The SMILES string of the molecule is C[C@H](N[C@@]1(C(N)=O)CC[C@H]1C)c1ccccc1. The van der Waals surface area contributed by atoms with Crippen molar-refractivity contribution in [2.75, 3.05) is 0 Å². The average molecular weight is 232 g/mol. The summed E-state index contributed by atoms with van der Waals surface area (Å²) in [4.78, 5) is 11.6. The molecule has 2 rings (SSSR count). The Morgan fingerprint density at radius 1 is 1.47 bits per heavy atom. The number of hydrogen-bond donors (Lipinski definition) is 2. The summed E-state index contributed by atoms with van der Waals surface area (Å²) in [5, 5.41) is 3.42. The number of primary amides is 1. The predicted octanol–water partition coefficient (Wildman–Crippen LogP) is 1.99. The van der Waals surface area contributed by atoms with Crippen molar-refractivity contribution in [1.82, 2.24) is 5.32 Å². The number of hydrogen-bond acceptors (Lipinski definition) is 2. The molecule has 1 amide bonds. The summed E-state index contributed by atoms with van der Waals surface area (Å²) in [7, 11) is 0. The maximum absolute atomic E-state index is 11.6. The molecular weight excluding hydrogens is 212 g/mol. The van der Waals surface area contributed by atoms with Gasteiger partial charge in [0, 0.05) is 6.04 Å². The van der Waals surface area contributed by atoms with Gasteiger partial charge in [0.25, 0.3) is 0 Å². The Morgan fingerprint density at radius 2 is 2.12 bits per heavy atom. The Kier molecular flexibility index (Phi) is 3.20. The minimum atomic E-state index is -0.505. The van der Waals surface area contributed by atoms with Crippen LogP contribution in [0.25, 0.3) is 0 Å². The summed E-state index contributed by atoms with van der Waals surface area (Å²) >= 11 is 0. The number of rotatable bonds is 4. The topological polar surface area (TPSA) is 55.1 Å². The van der Waals surface area contributed by atoms with Crippen molar-refractivity contribution in [2.45, 2.75) is 38.3 Å². The molecule has 0 bridgehead atoms. The molecule has 3 atom stereocenters. The number of nitrogens with one attached hydrogen (secondary N) is 1. The Bertz CT molecular complexity index is 404. The summed E-state index contributed by atoms with van der Waals surface area (Å²) in [6.45, 7) is 4.16. The molecule has 0 aromatic heterocycles. The molecule has 1 aliphatic carbocycles. The van der Waals surface area contributed by atoms with Crippen LogP contribution < -0.4 is 11.1 Å². The first-order valence-electron chi connectivity index (χ1n) is 6.19. The highest BCUT2D eigenvalue weighted by Gasteiger charge is 2.49. The lowest BCUT2D eigenvalue weighted by Crippen LogP contribution is -2.65. The van der Waals surface area contributed by atoms with E-state index in [4.69, 9.17) is 5.73 Å². The number of nitrogens with two attached hydrogens (primary N) is 1. The zero-order valence-corrected chi connectivity index (χ0v) is 10.4. The molecule has 1 aromatic rings. The third-order valence-electron chi connectivity index (χ3n) is 4.03. The first-order valence-corrected chi connectivity index (χ1v) is 6.19. The maximum Gasteiger partial charge on any atom is 0.238 e. The summed E-state index contributed by atoms with van der Waals surface area (Å²) < 4.78 is 0. The molecule has 0 aliphatic heterocycles. The molecule has 1 fully saturated rings. The van der Waals surface area contributed by atoms with Gasteiger partial charge < -0.3 is 5.73 Å². The molecule has 1 aliphatic rings. The molecule has 0 spiro atoms. The second-order valence-corrected chi connectivity index (χ2v) is 5.05. The second kappa shape index (κ2) is 4.49. The normalized spacial score (nSPS) is 29.4. The molecule has 1 saturated carbocycles. The summed E-state index contributed by atoms with van der Waals surface area (Å²) in [6, 6.07) is 10.3. The first-order chi connectivity index (χ1) is 8.06. The zero-order chi connectivity index (χ0) is 12.5. The standard InChI is InChI=1S/C14H20N2O/c1-10-8-9-14(10,13(15)17)16-11(2)12-6-4-3-5-7-12/h3-7,10-11,16H,8-9H2,1-2H3,(H2,15,17)/t10-,11+,14+/m1/s1. The highest BCUT2D eigenvalue weighted by atomic mass is 16.1. The fourth-order valence-electron chi connectivity index (χ4n) is 2.58. The van der Waals surface area contributed by atoms with E-state index in [1.165, 1.54) is 5.56 Å². The van der Waals surface area contributed by atoms with E-state index in [0.717, 1.165) is 12.8 Å². The lowest BCUT2D eigenvalue weighted by Gasteiger charge is -2.47. The van der Waals surface area contributed by atoms with Crippen molar-refractivity contribution in [1.29, 1.82) is 0 Å². The van der Waals surface area contributed by atoms with Crippen LogP contribution >= 0.6 is 0 Å². The molecular formula is C14H20N2O. The van der Waals surface area contributed by atoms with E-state index in [1.54, 1.807) is 0 Å². The monoisotopic (exact) mass is 232 g/mol.